The Bertz CT molecular complexity index is 750. The van der Waals surface area contributed by atoms with Crippen LogP contribution in [0.1, 0.15) is 27.3 Å². The molecule has 2 rings (SSSR count). The minimum atomic E-state index is -0.161. The van der Waals surface area contributed by atoms with Gasteiger partial charge in [0.05, 0.1) is 16.9 Å². The van der Waals surface area contributed by atoms with Crippen LogP contribution in [-0.2, 0) is 0 Å². The van der Waals surface area contributed by atoms with E-state index in [0.29, 0.717) is 34.9 Å². The number of nitrogens with one attached hydrogen (secondary N) is 2. The van der Waals surface area contributed by atoms with Gasteiger partial charge >= 0.3 is 0 Å². The zero-order chi connectivity index (χ0) is 16.8. The fourth-order valence-electron chi connectivity index (χ4n) is 2.19. The summed E-state index contributed by atoms with van der Waals surface area (Å²) in [6, 6.07) is 10.7. The topological polar surface area (TPSA) is 77.8 Å². The highest BCUT2D eigenvalue weighted by molar-refractivity contribution is 6.30. The summed E-state index contributed by atoms with van der Waals surface area (Å²) in [5.41, 5.74) is 3.36. The van der Waals surface area contributed by atoms with Crippen LogP contribution in [0.4, 0.5) is 5.69 Å². The van der Waals surface area contributed by atoms with Crippen LogP contribution in [0.2, 0.25) is 5.02 Å². The van der Waals surface area contributed by atoms with Crippen molar-refractivity contribution in [3.63, 3.8) is 0 Å². The Morgan fingerprint density at radius 2 is 1.96 bits per heavy atom. The van der Waals surface area contributed by atoms with Crippen LogP contribution in [0.5, 0.6) is 0 Å². The Morgan fingerprint density at radius 3 is 2.61 bits per heavy atom. The third kappa shape index (κ3) is 4.44. The first kappa shape index (κ1) is 16.8. The Kier molecular flexibility index (Phi) is 5.56. The number of carbonyl (C=O) groups excluding carboxylic acids is 1. The quantitative estimate of drug-likeness (QED) is 0.827. The van der Waals surface area contributed by atoms with Crippen molar-refractivity contribution in [1.82, 2.24) is 10.3 Å². The van der Waals surface area contributed by atoms with Gasteiger partial charge in [0, 0.05) is 29.4 Å². The summed E-state index contributed by atoms with van der Waals surface area (Å²) in [4.78, 5) is 16.2. The van der Waals surface area contributed by atoms with Gasteiger partial charge in [0.25, 0.3) is 5.91 Å². The molecule has 0 aliphatic rings. The molecule has 1 aromatic heterocycles. The van der Waals surface area contributed by atoms with Gasteiger partial charge in [-0.2, -0.15) is 5.26 Å². The van der Waals surface area contributed by atoms with Gasteiger partial charge in [-0.1, -0.05) is 11.6 Å². The van der Waals surface area contributed by atoms with Crippen LogP contribution in [0.25, 0.3) is 0 Å². The van der Waals surface area contributed by atoms with Crippen molar-refractivity contribution in [2.24, 2.45) is 0 Å². The van der Waals surface area contributed by atoms with Crippen molar-refractivity contribution in [3.8, 4) is 6.07 Å². The highest BCUT2D eigenvalue weighted by atomic mass is 35.5. The van der Waals surface area contributed by atoms with Crippen LogP contribution < -0.4 is 10.6 Å². The lowest BCUT2D eigenvalue weighted by molar-refractivity contribution is 0.0955. The van der Waals surface area contributed by atoms with Gasteiger partial charge in [0.1, 0.15) is 6.07 Å². The van der Waals surface area contributed by atoms with E-state index >= 15 is 0 Å². The largest absolute Gasteiger partial charge is 0.382 e. The molecule has 0 unspecified atom stereocenters. The number of anilines is 1. The molecule has 1 heterocycles. The molecule has 1 aromatic carbocycles. The molecule has 0 fully saturated rings. The fraction of sp³-hybridized carbons (Fsp3) is 0.235. The number of aromatic nitrogens is 1. The molecule has 0 spiro atoms. The number of nitriles is 1. The van der Waals surface area contributed by atoms with E-state index in [1.165, 1.54) is 0 Å². The SMILES string of the molecule is Cc1cc(NCCNC(=O)c2ccc(Cl)cc2)c(C#N)c(C)n1. The Balaban J connectivity index is 1.90. The first-order chi connectivity index (χ1) is 11.0. The molecule has 0 bridgehead atoms. The van der Waals surface area contributed by atoms with E-state index in [1.54, 1.807) is 31.2 Å². The number of amides is 1. The number of hydrogen-bond acceptors (Lipinski definition) is 4. The summed E-state index contributed by atoms with van der Waals surface area (Å²) in [5.74, 6) is -0.161. The molecule has 5 nitrogen and oxygen atoms in total. The van der Waals surface area contributed by atoms with Crippen molar-refractivity contribution in [2.45, 2.75) is 13.8 Å². The fourth-order valence-corrected chi connectivity index (χ4v) is 2.31. The molecule has 2 N–H and O–H groups in total. The number of hydrogen-bond donors (Lipinski definition) is 2. The van der Waals surface area contributed by atoms with Crippen molar-refractivity contribution in [1.29, 1.82) is 5.26 Å². The second-order valence-corrected chi connectivity index (χ2v) is 5.51. The van der Waals surface area contributed by atoms with E-state index in [4.69, 9.17) is 11.6 Å². The van der Waals surface area contributed by atoms with E-state index in [9.17, 15) is 10.1 Å². The van der Waals surface area contributed by atoms with Crippen molar-refractivity contribution < 1.29 is 4.79 Å². The highest BCUT2D eigenvalue weighted by Gasteiger charge is 2.08. The van der Waals surface area contributed by atoms with Crippen LogP contribution in [0.15, 0.2) is 30.3 Å². The molecule has 0 aliphatic carbocycles. The van der Waals surface area contributed by atoms with Crippen LogP contribution in [0.3, 0.4) is 0 Å². The van der Waals surface area contributed by atoms with Gasteiger partial charge in [0.15, 0.2) is 0 Å². The number of pyridine rings is 1. The lowest BCUT2D eigenvalue weighted by Gasteiger charge is -2.11. The number of carbonyl (C=O) groups is 1. The van der Waals surface area contributed by atoms with E-state index in [2.05, 4.69) is 21.7 Å². The monoisotopic (exact) mass is 328 g/mol. The maximum absolute atomic E-state index is 12.0. The van der Waals surface area contributed by atoms with Crippen molar-refractivity contribution in [2.75, 3.05) is 18.4 Å². The molecule has 0 aliphatic heterocycles. The maximum atomic E-state index is 12.0. The molecule has 0 atom stereocenters. The van der Waals surface area contributed by atoms with E-state index in [-0.39, 0.29) is 5.91 Å². The Labute approximate surface area is 140 Å². The lowest BCUT2D eigenvalue weighted by atomic mass is 10.1. The molecule has 1 amide bonds. The van der Waals surface area contributed by atoms with Crippen LogP contribution in [-0.4, -0.2) is 24.0 Å². The molecule has 0 saturated carbocycles. The molecule has 118 valence electrons. The second kappa shape index (κ2) is 7.61. The number of nitrogens with zero attached hydrogens (tertiary/aromatic N) is 2. The summed E-state index contributed by atoms with van der Waals surface area (Å²) in [7, 11) is 0. The molecule has 23 heavy (non-hydrogen) atoms. The molecular weight excluding hydrogens is 312 g/mol. The summed E-state index contributed by atoms with van der Waals surface area (Å²) >= 11 is 5.79. The Hall–Kier alpha value is -2.58. The summed E-state index contributed by atoms with van der Waals surface area (Å²) in [6.45, 7) is 4.63. The van der Waals surface area contributed by atoms with Crippen molar-refractivity contribution >= 4 is 23.2 Å². The number of rotatable bonds is 5. The number of halogens is 1. The van der Waals surface area contributed by atoms with E-state index < -0.39 is 0 Å². The number of aryl methyl sites for hydroxylation is 2. The van der Waals surface area contributed by atoms with Crippen molar-refractivity contribution in [3.05, 3.63) is 57.9 Å². The van der Waals surface area contributed by atoms with E-state index in [1.807, 2.05) is 13.0 Å². The zero-order valence-electron chi connectivity index (χ0n) is 13.0. The zero-order valence-corrected chi connectivity index (χ0v) is 13.7. The van der Waals surface area contributed by atoms with Gasteiger partial charge in [0.2, 0.25) is 0 Å². The molecule has 2 aromatic rings. The van der Waals surface area contributed by atoms with Gasteiger partial charge < -0.3 is 10.6 Å². The van der Waals surface area contributed by atoms with Gasteiger partial charge in [-0.3, -0.25) is 9.78 Å². The average molecular weight is 329 g/mol. The number of benzene rings is 1. The maximum Gasteiger partial charge on any atom is 0.251 e. The average Bonchev–Trinajstić information content (AvgIpc) is 2.51. The summed E-state index contributed by atoms with van der Waals surface area (Å²) in [5, 5.41) is 15.8. The molecule has 6 heteroatoms. The summed E-state index contributed by atoms with van der Waals surface area (Å²) in [6.07, 6.45) is 0. The standard InChI is InChI=1S/C17H17ClN4O/c1-11-9-16(15(10-19)12(2)22-11)20-7-8-21-17(23)13-3-5-14(18)6-4-13/h3-6,9H,7-8H2,1-2H3,(H,20,22)(H,21,23). The van der Waals surface area contributed by atoms with E-state index in [0.717, 1.165) is 11.4 Å². The summed E-state index contributed by atoms with van der Waals surface area (Å²) < 4.78 is 0. The lowest BCUT2D eigenvalue weighted by Crippen LogP contribution is -2.28. The van der Waals surface area contributed by atoms with Gasteiger partial charge in [-0.25, -0.2) is 0 Å². The predicted octanol–water partition coefficient (Wildman–Crippen LogP) is 3.07. The molecule has 0 saturated heterocycles. The van der Waals surface area contributed by atoms with Crippen LogP contribution >= 0.6 is 11.6 Å². The van der Waals surface area contributed by atoms with Crippen LogP contribution in [0, 0.1) is 25.2 Å². The second-order valence-electron chi connectivity index (χ2n) is 5.07. The third-order valence-electron chi connectivity index (χ3n) is 3.27. The first-order valence-electron chi connectivity index (χ1n) is 7.17. The first-order valence-corrected chi connectivity index (χ1v) is 7.55. The van der Waals surface area contributed by atoms with Gasteiger partial charge in [-0.05, 0) is 44.2 Å². The molecular formula is C17H17ClN4O. The minimum absolute atomic E-state index is 0.161. The Morgan fingerprint density at radius 1 is 1.26 bits per heavy atom. The normalized spacial score (nSPS) is 10.0. The smallest absolute Gasteiger partial charge is 0.251 e. The minimum Gasteiger partial charge on any atom is -0.382 e. The highest BCUT2D eigenvalue weighted by Crippen LogP contribution is 2.18. The van der Waals surface area contributed by atoms with Gasteiger partial charge in [-0.15, -0.1) is 0 Å². The third-order valence-corrected chi connectivity index (χ3v) is 3.52. The molecule has 0 radical (unpaired) electrons. The predicted molar refractivity (Wildman–Crippen MR) is 90.7 cm³/mol.